The summed E-state index contributed by atoms with van der Waals surface area (Å²) in [6.45, 7) is 0.386. The first kappa shape index (κ1) is 10.2. The Morgan fingerprint density at radius 3 is 3.07 bits per heavy atom. The first-order valence-electron chi connectivity index (χ1n) is 4.53. The van der Waals surface area contributed by atoms with Gasteiger partial charge in [0, 0.05) is 12.7 Å². The number of nitrogens with zero attached hydrogens (tertiary/aromatic N) is 1. The Labute approximate surface area is 91.8 Å². The molecule has 1 aliphatic heterocycles. The van der Waals surface area contributed by atoms with Gasteiger partial charge >= 0.3 is 0 Å². The molecule has 15 heavy (non-hydrogen) atoms. The van der Waals surface area contributed by atoms with Crippen molar-refractivity contribution in [2.24, 2.45) is 0 Å². The number of alkyl halides is 1. The van der Waals surface area contributed by atoms with Gasteiger partial charge in [-0.3, -0.25) is 4.79 Å². The highest BCUT2D eigenvalue weighted by molar-refractivity contribution is 6.22. The van der Waals surface area contributed by atoms with Gasteiger partial charge in [-0.1, -0.05) is 11.6 Å². The molecule has 1 unspecified atom stereocenters. The number of likely N-dealkylation sites (N-methyl/N-ethyl adjacent to an activating group) is 1. The lowest BCUT2D eigenvalue weighted by Crippen LogP contribution is -2.31. The van der Waals surface area contributed by atoms with Crippen LogP contribution < -0.4 is 5.32 Å². The summed E-state index contributed by atoms with van der Waals surface area (Å²) >= 11 is 5.95. The zero-order valence-corrected chi connectivity index (χ0v) is 8.88. The maximum absolute atomic E-state index is 13.0. The standard InChI is InChI=1S/C10H10ClFN2O/c1-14-5-9(11)13-8-3-2-6(12)4-7(8)10(14)15/h2-4,9,13H,5H2,1H3. The van der Waals surface area contributed by atoms with Crippen molar-refractivity contribution in [2.75, 3.05) is 18.9 Å². The predicted octanol–water partition coefficient (Wildman–Crippen LogP) is 1.89. The van der Waals surface area contributed by atoms with E-state index in [9.17, 15) is 9.18 Å². The predicted molar refractivity (Wildman–Crippen MR) is 56.6 cm³/mol. The minimum absolute atomic E-state index is 0.222. The van der Waals surface area contributed by atoms with Crippen LogP contribution in [0.15, 0.2) is 18.2 Å². The second kappa shape index (κ2) is 3.70. The van der Waals surface area contributed by atoms with Crippen molar-refractivity contribution in [2.45, 2.75) is 5.50 Å². The summed E-state index contributed by atoms with van der Waals surface area (Å²) in [7, 11) is 1.64. The van der Waals surface area contributed by atoms with Gasteiger partial charge in [0.15, 0.2) is 0 Å². The van der Waals surface area contributed by atoms with Crippen LogP contribution in [0.5, 0.6) is 0 Å². The summed E-state index contributed by atoms with van der Waals surface area (Å²) in [6.07, 6.45) is 0. The van der Waals surface area contributed by atoms with E-state index in [4.69, 9.17) is 11.6 Å². The van der Waals surface area contributed by atoms with Gasteiger partial charge < -0.3 is 10.2 Å². The molecule has 3 nitrogen and oxygen atoms in total. The van der Waals surface area contributed by atoms with Crippen molar-refractivity contribution in [3.05, 3.63) is 29.6 Å². The molecule has 0 radical (unpaired) electrons. The maximum Gasteiger partial charge on any atom is 0.255 e. The molecule has 1 amide bonds. The molecule has 2 rings (SSSR count). The average Bonchev–Trinajstić information content (AvgIpc) is 2.27. The van der Waals surface area contributed by atoms with Crippen molar-refractivity contribution >= 4 is 23.2 Å². The molecule has 1 heterocycles. The maximum atomic E-state index is 13.0. The van der Waals surface area contributed by atoms with E-state index in [1.807, 2.05) is 0 Å². The molecule has 1 aliphatic rings. The third kappa shape index (κ3) is 1.90. The smallest absolute Gasteiger partial charge is 0.255 e. The molecule has 0 spiro atoms. The van der Waals surface area contributed by atoms with Gasteiger partial charge in [0.25, 0.3) is 5.91 Å². The zero-order chi connectivity index (χ0) is 11.0. The Morgan fingerprint density at radius 2 is 2.33 bits per heavy atom. The molecule has 1 aromatic rings. The van der Waals surface area contributed by atoms with Crippen LogP contribution in [0, 0.1) is 5.82 Å². The Balaban J connectivity index is 2.50. The van der Waals surface area contributed by atoms with E-state index in [-0.39, 0.29) is 11.4 Å². The van der Waals surface area contributed by atoms with Crippen LogP contribution in [0.1, 0.15) is 10.4 Å². The Hall–Kier alpha value is -1.29. The van der Waals surface area contributed by atoms with E-state index >= 15 is 0 Å². The summed E-state index contributed by atoms with van der Waals surface area (Å²) in [5, 5.41) is 2.95. The molecule has 1 atom stereocenters. The number of rotatable bonds is 0. The minimum atomic E-state index is -0.426. The molecular formula is C10H10ClFN2O. The summed E-state index contributed by atoms with van der Waals surface area (Å²) in [5.74, 6) is -0.648. The molecule has 0 fully saturated rings. The number of nitrogens with one attached hydrogen (secondary N) is 1. The Bertz CT molecular complexity index is 410. The number of anilines is 1. The summed E-state index contributed by atoms with van der Waals surface area (Å²) in [5.41, 5.74) is 0.539. The van der Waals surface area contributed by atoms with Crippen LogP contribution >= 0.6 is 11.6 Å². The first-order valence-corrected chi connectivity index (χ1v) is 4.97. The number of halogens is 2. The van der Waals surface area contributed by atoms with Crippen LogP contribution in [0.4, 0.5) is 10.1 Å². The molecular weight excluding hydrogens is 219 g/mol. The fourth-order valence-corrected chi connectivity index (χ4v) is 1.89. The van der Waals surface area contributed by atoms with E-state index in [1.54, 1.807) is 7.05 Å². The zero-order valence-electron chi connectivity index (χ0n) is 8.13. The molecule has 0 saturated heterocycles. The van der Waals surface area contributed by atoms with Crippen molar-refractivity contribution < 1.29 is 9.18 Å². The monoisotopic (exact) mass is 228 g/mol. The first-order chi connectivity index (χ1) is 7.08. The highest BCUT2D eigenvalue weighted by Gasteiger charge is 2.23. The normalized spacial score (nSPS) is 20.6. The third-order valence-electron chi connectivity index (χ3n) is 2.30. The molecule has 1 aromatic carbocycles. The lowest BCUT2D eigenvalue weighted by molar-refractivity contribution is 0.0802. The number of amides is 1. The van der Waals surface area contributed by atoms with Gasteiger partial charge in [-0.15, -0.1) is 0 Å². The van der Waals surface area contributed by atoms with Gasteiger partial charge in [-0.2, -0.15) is 0 Å². The summed E-state index contributed by atoms with van der Waals surface area (Å²) < 4.78 is 13.0. The number of carbonyl (C=O) groups excluding carboxylic acids is 1. The molecule has 80 valence electrons. The molecule has 0 aromatic heterocycles. The third-order valence-corrected chi connectivity index (χ3v) is 2.55. The van der Waals surface area contributed by atoms with Crippen molar-refractivity contribution in [3.8, 4) is 0 Å². The van der Waals surface area contributed by atoms with Gasteiger partial charge in [0.1, 0.15) is 11.3 Å². The number of fused-ring (bicyclic) bond motifs is 1. The Morgan fingerprint density at radius 1 is 1.60 bits per heavy atom. The SMILES string of the molecule is CN1CC(Cl)Nc2ccc(F)cc2C1=O. The molecule has 0 bridgehead atoms. The largest absolute Gasteiger partial charge is 0.367 e. The second-order valence-electron chi connectivity index (χ2n) is 3.49. The van der Waals surface area contributed by atoms with Gasteiger partial charge in [-0.05, 0) is 18.2 Å². The molecule has 0 aliphatic carbocycles. The lowest BCUT2D eigenvalue weighted by Gasteiger charge is -2.15. The van der Waals surface area contributed by atoms with Gasteiger partial charge in [0.2, 0.25) is 0 Å². The van der Waals surface area contributed by atoms with Crippen LogP contribution in [-0.2, 0) is 0 Å². The molecule has 0 saturated carbocycles. The van der Waals surface area contributed by atoms with Crippen molar-refractivity contribution in [1.29, 1.82) is 0 Å². The fourth-order valence-electron chi connectivity index (χ4n) is 1.56. The summed E-state index contributed by atoms with van der Waals surface area (Å²) in [6, 6.07) is 4.04. The van der Waals surface area contributed by atoms with Crippen LogP contribution in [0.25, 0.3) is 0 Å². The van der Waals surface area contributed by atoms with Crippen LogP contribution in [0.3, 0.4) is 0 Å². The fraction of sp³-hybridized carbons (Fsp3) is 0.300. The van der Waals surface area contributed by atoms with E-state index < -0.39 is 5.82 Å². The number of hydrogen-bond donors (Lipinski definition) is 1. The van der Waals surface area contributed by atoms with Crippen LogP contribution in [0.2, 0.25) is 0 Å². The van der Waals surface area contributed by atoms with E-state index in [1.165, 1.54) is 23.1 Å². The summed E-state index contributed by atoms with van der Waals surface area (Å²) in [4.78, 5) is 13.3. The minimum Gasteiger partial charge on any atom is -0.367 e. The highest BCUT2D eigenvalue weighted by Crippen LogP contribution is 2.23. The second-order valence-corrected chi connectivity index (χ2v) is 4.01. The van der Waals surface area contributed by atoms with Gasteiger partial charge in [0.05, 0.1) is 12.1 Å². The average molecular weight is 229 g/mol. The number of benzene rings is 1. The number of hydrogen-bond acceptors (Lipinski definition) is 2. The lowest BCUT2D eigenvalue weighted by atomic mass is 10.1. The van der Waals surface area contributed by atoms with Crippen LogP contribution in [-0.4, -0.2) is 29.9 Å². The topological polar surface area (TPSA) is 32.3 Å². The Kier molecular flexibility index (Phi) is 2.52. The van der Waals surface area contributed by atoms with E-state index in [0.717, 1.165) is 0 Å². The number of carbonyl (C=O) groups is 1. The van der Waals surface area contributed by atoms with Crippen molar-refractivity contribution in [1.82, 2.24) is 4.90 Å². The van der Waals surface area contributed by atoms with Gasteiger partial charge in [-0.25, -0.2) is 4.39 Å². The van der Waals surface area contributed by atoms with E-state index in [0.29, 0.717) is 17.8 Å². The van der Waals surface area contributed by atoms with E-state index in [2.05, 4.69) is 5.32 Å². The highest BCUT2D eigenvalue weighted by atomic mass is 35.5. The quantitative estimate of drug-likeness (QED) is 0.543. The molecule has 1 N–H and O–H groups in total. The molecule has 5 heteroatoms. The van der Waals surface area contributed by atoms with Crippen molar-refractivity contribution in [3.63, 3.8) is 0 Å².